The van der Waals surface area contributed by atoms with Gasteiger partial charge in [0.25, 0.3) is 0 Å². The Morgan fingerprint density at radius 1 is 1.08 bits per heavy atom. The van der Waals surface area contributed by atoms with E-state index >= 15 is 0 Å². The van der Waals surface area contributed by atoms with Gasteiger partial charge in [-0.25, -0.2) is 9.97 Å². The Kier molecular flexibility index (Phi) is 2.62. The molecule has 0 bridgehead atoms. The molecule has 0 aromatic carbocycles. The third kappa shape index (κ3) is 2.19. The molecule has 0 saturated heterocycles. The van der Waals surface area contributed by atoms with Crippen molar-refractivity contribution in [3.05, 3.63) is 22.2 Å². The Hall–Kier alpha value is -0.630. The van der Waals surface area contributed by atoms with E-state index in [0.717, 1.165) is 17.2 Å². The monoisotopic (exact) mass is 198 g/mol. The van der Waals surface area contributed by atoms with Crippen LogP contribution in [0, 0.1) is 13.8 Å². The quantitative estimate of drug-likeness (QED) is 0.641. The summed E-state index contributed by atoms with van der Waals surface area (Å²) in [6.07, 6.45) is 0. The van der Waals surface area contributed by atoms with Crippen LogP contribution in [-0.4, -0.2) is 9.97 Å². The molecule has 0 atom stereocenters. The lowest BCUT2D eigenvalue weighted by atomic mass is 9.91. The summed E-state index contributed by atoms with van der Waals surface area (Å²) in [7, 11) is 0. The van der Waals surface area contributed by atoms with E-state index in [1.54, 1.807) is 0 Å². The molecule has 0 saturated carbocycles. The smallest absolute Gasteiger partial charge is 0.125 e. The van der Waals surface area contributed by atoms with Crippen LogP contribution in [0.1, 0.15) is 38.0 Å². The topological polar surface area (TPSA) is 25.8 Å². The van der Waals surface area contributed by atoms with E-state index in [0.29, 0.717) is 5.02 Å². The Morgan fingerprint density at radius 2 is 1.62 bits per heavy atom. The van der Waals surface area contributed by atoms with E-state index in [4.69, 9.17) is 11.6 Å². The molecule has 0 unspecified atom stereocenters. The molecule has 1 aromatic rings. The highest BCUT2D eigenvalue weighted by Gasteiger charge is 2.21. The molecule has 0 N–H and O–H groups in total. The van der Waals surface area contributed by atoms with Gasteiger partial charge in [0, 0.05) is 5.41 Å². The minimum atomic E-state index is -0.0183. The van der Waals surface area contributed by atoms with Gasteiger partial charge in [-0.05, 0) is 13.8 Å². The average Bonchev–Trinajstić information content (AvgIpc) is 1.94. The molecule has 0 fully saturated rings. The number of nitrogens with zero attached hydrogens (tertiary/aromatic N) is 2. The van der Waals surface area contributed by atoms with Gasteiger partial charge in [-0.1, -0.05) is 32.4 Å². The molecule has 0 aliphatic heterocycles. The highest BCUT2D eigenvalue weighted by molar-refractivity contribution is 6.31. The molecule has 0 spiro atoms. The summed E-state index contributed by atoms with van der Waals surface area (Å²) in [5.74, 6) is 0.784. The van der Waals surface area contributed by atoms with Gasteiger partial charge in [0.15, 0.2) is 0 Å². The van der Waals surface area contributed by atoms with Crippen molar-refractivity contribution in [1.29, 1.82) is 0 Å². The highest BCUT2D eigenvalue weighted by Crippen LogP contribution is 2.28. The van der Waals surface area contributed by atoms with Crippen LogP contribution in [-0.2, 0) is 5.41 Å². The minimum absolute atomic E-state index is 0.0183. The third-order valence-corrected chi connectivity index (χ3v) is 2.29. The second-order valence-corrected chi connectivity index (χ2v) is 4.65. The molecule has 2 nitrogen and oxygen atoms in total. The fourth-order valence-electron chi connectivity index (χ4n) is 1.20. The molecule has 1 heterocycles. The summed E-state index contributed by atoms with van der Waals surface area (Å²) in [5, 5.41) is 0.693. The van der Waals surface area contributed by atoms with Crippen molar-refractivity contribution in [3.8, 4) is 0 Å². The molecule has 72 valence electrons. The average molecular weight is 199 g/mol. The number of aryl methyl sites for hydroxylation is 2. The summed E-state index contributed by atoms with van der Waals surface area (Å²) < 4.78 is 0. The summed E-state index contributed by atoms with van der Waals surface area (Å²) in [6, 6.07) is 0. The van der Waals surface area contributed by atoms with Crippen molar-refractivity contribution < 1.29 is 0 Å². The van der Waals surface area contributed by atoms with Gasteiger partial charge in [0.1, 0.15) is 5.82 Å². The molecule has 0 radical (unpaired) electrons. The molecule has 1 rings (SSSR count). The summed E-state index contributed by atoms with van der Waals surface area (Å²) in [5.41, 5.74) is 1.77. The van der Waals surface area contributed by atoms with Crippen molar-refractivity contribution in [2.45, 2.75) is 40.0 Å². The van der Waals surface area contributed by atoms with Gasteiger partial charge >= 0.3 is 0 Å². The maximum atomic E-state index is 6.12. The summed E-state index contributed by atoms with van der Waals surface area (Å²) >= 11 is 6.12. The Balaban J connectivity index is 3.37. The molecule has 0 amide bonds. The third-order valence-electron chi connectivity index (χ3n) is 1.84. The van der Waals surface area contributed by atoms with Gasteiger partial charge in [0.05, 0.1) is 16.4 Å². The van der Waals surface area contributed by atoms with E-state index in [-0.39, 0.29) is 5.41 Å². The standard InChI is InChI=1S/C10H15ClN2/c1-6-8(11)9(10(3,4)5)13-7(2)12-6/h1-5H3. The lowest BCUT2D eigenvalue weighted by molar-refractivity contribution is 0.563. The first-order chi connectivity index (χ1) is 5.82. The van der Waals surface area contributed by atoms with E-state index in [1.807, 2.05) is 13.8 Å². The number of rotatable bonds is 0. The summed E-state index contributed by atoms with van der Waals surface area (Å²) in [4.78, 5) is 8.57. The maximum Gasteiger partial charge on any atom is 0.125 e. The van der Waals surface area contributed by atoms with Gasteiger partial charge in [-0.15, -0.1) is 0 Å². The fraction of sp³-hybridized carbons (Fsp3) is 0.600. The second kappa shape index (κ2) is 3.26. The van der Waals surface area contributed by atoms with Crippen molar-refractivity contribution in [3.63, 3.8) is 0 Å². The molecule has 3 heteroatoms. The van der Waals surface area contributed by atoms with Crippen LogP contribution < -0.4 is 0 Å². The molecule has 13 heavy (non-hydrogen) atoms. The SMILES string of the molecule is Cc1nc(C)c(Cl)c(C(C)(C)C)n1. The fourth-order valence-corrected chi connectivity index (χ4v) is 1.56. The molecular weight excluding hydrogens is 184 g/mol. The Labute approximate surface area is 84.4 Å². The predicted molar refractivity (Wildman–Crippen MR) is 55.2 cm³/mol. The minimum Gasteiger partial charge on any atom is -0.237 e. The van der Waals surface area contributed by atoms with Gasteiger partial charge in [-0.2, -0.15) is 0 Å². The van der Waals surface area contributed by atoms with E-state index in [1.165, 1.54) is 0 Å². The number of hydrogen-bond donors (Lipinski definition) is 0. The second-order valence-electron chi connectivity index (χ2n) is 4.27. The normalized spacial score (nSPS) is 11.8. The van der Waals surface area contributed by atoms with Crippen LogP contribution >= 0.6 is 11.6 Å². The van der Waals surface area contributed by atoms with Crippen LogP contribution in [0.15, 0.2) is 0 Å². The maximum absolute atomic E-state index is 6.12. The number of aromatic nitrogens is 2. The zero-order valence-corrected chi connectivity index (χ0v) is 9.53. The zero-order valence-electron chi connectivity index (χ0n) is 8.77. The van der Waals surface area contributed by atoms with Crippen molar-refractivity contribution >= 4 is 11.6 Å². The molecule has 0 aliphatic carbocycles. The van der Waals surface area contributed by atoms with Crippen LogP contribution in [0.5, 0.6) is 0 Å². The number of hydrogen-bond acceptors (Lipinski definition) is 2. The largest absolute Gasteiger partial charge is 0.237 e. The van der Waals surface area contributed by atoms with Crippen LogP contribution in [0.2, 0.25) is 5.02 Å². The van der Waals surface area contributed by atoms with E-state index in [9.17, 15) is 0 Å². The number of halogens is 1. The first-order valence-corrected chi connectivity index (χ1v) is 4.71. The van der Waals surface area contributed by atoms with Crippen LogP contribution in [0.25, 0.3) is 0 Å². The zero-order chi connectivity index (χ0) is 10.2. The predicted octanol–water partition coefficient (Wildman–Crippen LogP) is 3.04. The lowest BCUT2D eigenvalue weighted by Gasteiger charge is -2.20. The van der Waals surface area contributed by atoms with E-state index < -0.39 is 0 Å². The highest BCUT2D eigenvalue weighted by atomic mass is 35.5. The van der Waals surface area contributed by atoms with E-state index in [2.05, 4.69) is 30.7 Å². The molecular formula is C10H15ClN2. The van der Waals surface area contributed by atoms with Gasteiger partial charge in [-0.3, -0.25) is 0 Å². The molecule has 0 aliphatic rings. The van der Waals surface area contributed by atoms with Crippen LogP contribution in [0.4, 0.5) is 0 Å². The Bertz CT molecular complexity index is 326. The van der Waals surface area contributed by atoms with Crippen molar-refractivity contribution in [1.82, 2.24) is 9.97 Å². The van der Waals surface area contributed by atoms with Crippen molar-refractivity contribution in [2.24, 2.45) is 0 Å². The summed E-state index contributed by atoms with van der Waals surface area (Å²) in [6.45, 7) is 10.1. The lowest BCUT2D eigenvalue weighted by Crippen LogP contribution is -2.16. The first kappa shape index (κ1) is 10.5. The first-order valence-electron chi connectivity index (χ1n) is 4.33. The van der Waals surface area contributed by atoms with Gasteiger partial charge < -0.3 is 0 Å². The van der Waals surface area contributed by atoms with Gasteiger partial charge in [0.2, 0.25) is 0 Å². The Morgan fingerprint density at radius 3 is 2.08 bits per heavy atom. The van der Waals surface area contributed by atoms with Crippen molar-refractivity contribution in [2.75, 3.05) is 0 Å². The van der Waals surface area contributed by atoms with Crippen LogP contribution in [0.3, 0.4) is 0 Å². The molecule has 1 aromatic heterocycles.